The molecule has 6 nitrogen and oxygen atoms in total. The Hall–Kier alpha value is -2.89. The second-order valence-electron chi connectivity index (χ2n) is 5.83. The van der Waals surface area contributed by atoms with Gasteiger partial charge in [0.15, 0.2) is 0 Å². The van der Waals surface area contributed by atoms with Crippen molar-refractivity contribution >= 4 is 11.8 Å². The molecule has 124 valence electrons. The van der Waals surface area contributed by atoms with E-state index in [1.165, 1.54) is 18.3 Å². The van der Waals surface area contributed by atoms with Crippen molar-refractivity contribution in [1.82, 2.24) is 15.2 Å². The normalized spacial score (nSPS) is 15.1. The lowest BCUT2D eigenvalue weighted by atomic mass is 10.0. The van der Waals surface area contributed by atoms with E-state index in [1.807, 2.05) is 0 Å². The van der Waals surface area contributed by atoms with Crippen LogP contribution in [-0.2, 0) is 0 Å². The van der Waals surface area contributed by atoms with Crippen LogP contribution in [0.4, 0.5) is 0 Å². The van der Waals surface area contributed by atoms with Gasteiger partial charge in [-0.25, -0.2) is 0 Å². The Balaban J connectivity index is 1.54. The van der Waals surface area contributed by atoms with E-state index in [2.05, 4.69) is 10.3 Å². The summed E-state index contributed by atoms with van der Waals surface area (Å²) in [6.07, 6.45) is 4.57. The highest BCUT2D eigenvalue weighted by atomic mass is 16.3. The van der Waals surface area contributed by atoms with E-state index >= 15 is 0 Å². The maximum Gasteiger partial charge on any atom is 0.253 e. The number of likely N-dealkylation sites (tertiary alicyclic amines) is 1. The van der Waals surface area contributed by atoms with Crippen LogP contribution in [0.15, 0.2) is 48.8 Å². The van der Waals surface area contributed by atoms with Crippen LogP contribution >= 0.6 is 0 Å². The largest absolute Gasteiger partial charge is 0.508 e. The molecular formula is C18H19N3O3. The number of hydrogen-bond donors (Lipinski definition) is 2. The quantitative estimate of drug-likeness (QED) is 0.902. The number of phenols is 1. The molecule has 0 bridgehead atoms. The van der Waals surface area contributed by atoms with E-state index in [1.54, 1.807) is 35.4 Å². The first kappa shape index (κ1) is 16.0. The molecule has 1 aliphatic heterocycles. The topological polar surface area (TPSA) is 82.5 Å². The molecule has 0 spiro atoms. The summed E-state index contributed by atoms with van der Waals surface area (Å²) in [7, 11) is 0. The molecule has 1 fully saturated rings. The van der Waals surface area contributed by atoms with Gasteiger partial charge in [-0.3, -0.25) is 14.6 Å². The van der Waals surface area contributed by atoms with Crippen LogP contribution in [-0.4, -0.2) is 45.9 Å². The van der Waals surface area contributed by atoms with E-state index in [9.17, 15) is 14.7 Å². The van der Waals surface area contributed by atoms with Gasteiger partial charge in [-0.05, 0) is 43.2 Å². The summed E-state index contributed by atoms with van der Waals surface area (Å²) in [5.74, 6) is -0.150. The van der Waals surface area contributed by atoms with Crippen LogP contribution in [0.3, 0.4) is 0 Å². The number of piperidine rings is 1. The third-order valence-electron chi connectivity index (χ3n) is 4.13. The van der Waals surface area contributed by atoms with Gasteiger partial charge in [-0.15, -0.1) is 0 Å². The number of nitrogens with one attached hydrogen (secondary N) is 1. The average molecular weight is 325 g/mol. The lowest BCUT2D eigenvalue weighted by Crippen LogP contribution is -2.46. The molecule has 2 aromatic rings. The van der Waals surface area contributed by atoms with Gasteiger partial charge >= 0.3 is 0 Å². The Labute approximate surface area is 140 Å². The SMILES string of the molecule is O=C(NC1CCN(C(=O)c2cccc(O)c2)CC1)c1cccnc1. The number of carbonyl (C=O) groups is 2. The summed E-state index contributed by atoms with van der Waals surface area (Å²) in [5, 5.41) is 12.5. The molecular weight excluding hydrogens is 306 g/mol. The monoisotopic (exact) mass is 325 g/mol. The van der Waals surface area contributed by atoms with Crippen molar-refractivity contribution in [3.8, 4) is 5.75 Å². The Morgan fingerprint density at radius 2 is 1.88 bits per heavy atom. The fourth-order valence-electron chi connectivity index (χ4n) is 2.81. The number of benzene rings is 1. The maximum absolute atomic E-state index is 12.4. The van der Waals surface area contributed by atoms with Crippen LogP contribution in [0.1, 0.15) is 33.6 Å². The van der Waals surface area contributed by atoms with Crippen LogP contribution in [0.5, 0.6) is 5.75 Å². The number of carbonyl (C=O) groups excluding carboxylic acids is 2. The molecule has 2 N–H and O–H groups in total. The van der Waals surface area contributed by atoms with Gasteiger partial charge in [0.2, 0.25) is 0 Å². The molecule has 0 saturated carbocycles. The fourth-order valence-corrected chi connectivity index (χ4v) is 2.81. The zero-order valence-corrected chi connectivity index (χ0v) is 13.2. The zero-order valence-electron chi connectivity index (χ0n) is 13.2. The second-order valence-corrected chi connectivity index (χ2v) is 5.83. The Morgan fingerprint density at radius 1 is 1.12 bits per heavy atom. The fraction of sp³-hybridized carbons (Fsp3) is 0.278. The highest BCUT2D eigenvalue weighted by molar-refractivity contribution is 5.95. The Kier molecular flexibility index (Phi) is 4.74. The van der Waals surface area contributed by atoms with E-state index in [-0.39, 0.29) is 23.6 Å². The summed E-state index contributed by atoms with van der Waals surface area (Å²) < 4.78 is 0. The van der Waals surface area contributed by atoms with Crippen LogP contribution in [0.2, 0.25) is 0 Å². The molecule has 0 aliphatic carbocycles. The molecule has 1 aromatic carbocycles. The predicted molar refractivity (Wildman–Crippen MR) is 88.7 cm³/mol. The summed E-state index contributed by atoms with van der Waals surface area (Å²) in [5.41, 5.74) is 1.02. The number of aromatic nitrogens is 1. The molecule has 0 unspecified atom stereocenters. The average Bonchev–Trinajstić information content (AvgIpc) is 2.62. The summed E-state index contributed by atoms with van der Waals surface area (Å²) in [4.78, 5) is 30.2. The van der Waals surface area contributed by atoms with Crippen molar-refractivity contribution in [2.24, 2.45) is 0 Å². The molecule has 0 radical (unpaired) electrons. The lowest BCUT2D eigenvalue weighted by molar-refractivity contribution is 0.0697. The molecule has 6 heteroatoms. The highest BCUT2D eigenvalue weighted by Gasteiger charge is 2.25. The minimum absolute atomic E-state index is 0.0472. The van der Waals surface area contributed by atoms with Gasteiger partial charge < -0.3 is 15.3 Å². The number of aromatic hydroxyl groups is 1. The van der Waals surface area contributed by atoms with Gasteiger partial charge in [0, 0.05) is 37.1 Å². The van der Waals surface area contributed by atoms with Gasteiger partial charge in [0.05, 0.1) is 5.56 Å². The zero-order chi connectivity index (χ0) is 16.9. The summed E-state index contributed by atoms with van der Waals surface area (Å²) in [6, 6.07) is 9.86. The van der Waals surface area contributed by atoms with Crippen molar-refractivity contribution in [1.29, 1.82) is 0 Å². The number of pyridine rings is 1. The van der Waals surface area contributed by atoms with Crippen LogP contribution in [0, 0.1) is 0 Å². The molecule has 1 aliphatic rings. The first-order valence-electron chi connectivity index (χ1n) is 7.92. The molecule has 24 heavy (non-hydrogen) atoms. The van der Waals surface area contributed by atoms with E-state index in [4.69, 9.17) is 0 Å². The van der Waals surface area contributed by atoms with E-state index in [0.29, 0.717) is 37.1 Å². The number of hydrogen-bond acceptors (Lipinski definition) is 4. The van der Waals surface area contributed by atoms with Crippen molar-refractivity contribution in [2.45, 2.75) is 18.9 Å². The van der Waals surface area contributed by atoms with Gasteiger partial charge in [0.1, 0.15) is 5.75 Å². The molecule has 2 heterocycles. The smallest absolute Gasteiger partial charge is 0.253 e. The van der Waals surface area contributed by atoms with Gasteiger partial charge in [0.25, 0.3) is 11.8 Å². The highest BCUT2D eigenvalue weighted by Crippen LogP contribution is 2.17. The number of amides is 2. The summed E-state index contributed by atoms with van der Waals surface area (Å²) in [6.45, 7) is 1.15. The standard InChI is InChI=1S/C18H19N3O3/c22-16-5-1-3-13(11-16)18(24)21-9-6-15(7-10-21)20-17(23)14-4-2-8-19-12-14/h1-5,8,11-12,15,22H,6-7,9-10H2,(H,20,23). The number of nitrogens with zero attached hydrogens (tertiary/aromatic N) is 2. The number of phenolic OH excluding ortho intramolecular Hbond substituents is 1. The molecule has 3 rings (SSSR count). The van der Waals surface area contributed by atoms with Crippen molar-refractivity contribution < 1.29 is 14.7 Å². The van der Waals surface area contributed by atoms with Gasteiger partial charge in [-0.1, -0.05) is 6.07 Å². The third kappa shape index (κ3) is 3.71. The summed E-state index contributed by atoms with van der Waals surface area (Å²) >= 11 is 0. The van der Waals surface area contributed by atoms with Crippen molar-refractivity contribution in [2.75, 3.05) is 13.1 Å². The molecule has 1 saturated heterocycles. The number of rotatable bonds is 3. The lowest BCUT2D eigenvalue weighted by Gasteiger charge is -2.32. The molecule has 0 atom stereocenters. The van der Waals surface area contributed by atoms with Crippen molar-refractivity contribution in [3.63, 3.8) is 0 Å². The molecule has 1 aromatic heterocycles. The Bertz CT molecular complexity index is 725. The second kappa shape index (κ2) is 7.12. The first-order valence-corrected chi connectivity index (χ1v) is 7.92. The van der Waals surface area contributed by atoms with Gasteiger partial charge in [-0.2, -0.15) is 0 Å². The van der Waals surface area contributed by atoms with E-state index in [0.717, 1.165) is 0 Å². The predicted octanol–water partition coefficient (Wildman–Crippen LogP) is 1.82. The van der Waals surface area contributed by atoms with Crippen LogP contribution < -0.4 is 5.32 Å². The first-order chi connectivity index (χ1) is 11.6. The minimum atomic E-state index is -0.138. The molecule has 2 amide bonds. The van der Waals surface area contributed by atoms with E-state index < -0.39 is 0 Å². The van der Waals surface area contributed by atoms with Crippen molar-refractivity contribution in [3.05, 3.63) is 59.9 Å². The van der Waals surface area contributed by atoms with Crippen LogP contribution in [0.25, 0.3) is 0 Å². The minimum Gasteiger partial charge on any atom is -0.508 e. The third-order valence-corrected chi connectivity index (χ3v) is 4.13. The maximum atomic E-state index is 12.4. The Morgan fingerprint density at radius 3 is 2.54 bits per heavy atom.